The van der Waals surface area contributed by atoms with Crippen LogP contribution in [-0.4, -0.2) is 19.1 Å². The molecule has 0 radical (unpaired) electrons. The lowest BCUT2D eigenvalue weighted by Gasteiger charge is -2.24. The Morgan fingerprint density at radius 1 is 0.535 bits per heavy atom. The minimum atomic E-state index is -0.172. The first kappa shape index (κ1) is 24.2. The third kappa shape index (κ3) is 3.32. The lowest BCUT2D eigenvalue weighted by molar-refractivity contribution is 0.662. The summed E-state index contributed by atoms with van der Waals surface area (Å²) in [6, 6.07) is 45.2. The highest BCUT2D eigenvalue weighted by molar-refractivity contribution is 6.09. The number of para-hydroxylation sites is 3. The van der Waals surface area contributed by atoms with Crippen molar-refractivity contribution in [3.05, 3.63) is 145 Å². The van der Waals surface area contributed by atoms with Crippen LogP contribution >= 0.6 is 0 Å². The maximum Gasteiger partial charge on any atom is 0.237 e. The van der Waals surface area contributed by atoms with Crippen molar-refractivity contribution >= 4 is 32.8 Å². The molecule has 0 aliphatic heterocycles. The Labute approximate surface area is 249 Å². The molecule has 0 spiro atoms. The number of rotatable bonds is 3. The first-order valence-electron chi connectivity index (χ1n) is 14.8. The molecule has 5 aromatic carbocycles. The molecule has 9 rings (SSSR count). The van der Waals surface area contributed by atoms with E-state index in [0.29, 0.717) is 5.95 Å². The van der Waals surface area contributed by atoms with E-state index in [-0.39, 0.29) is 5.41 Å². The third-order valence-corrected chi connectivity index (χ3v) is 9.18. The number of hydrogen-bond donors (Lipinski definition) is 0. The second kappa shape index (κ2) is 8.76. The smallest absolute Gasteiger partial charge is 0.237 e. The van der Waals surface area contributed by atoms with Crippen LogP contribution in [0, 0.1) is 0 Å². The monoisotopic (exact) mass is 552 g/mol. The van der Waals surface area contributed by atoms with Gasteiger partial charge in [-0.15, -0.1) is 0 Å². The molecule has 3 aromatic heterocycles. The molecule has 0 N–H and O–H groups in total. The molecule has 1 aliphatic rings. The Hall–Kier alpha value is -5.48. The molecule has 43 heavy (non-hydrogen) atoms. The fraction of sp³-hybridized carbons (Fsp3) is 0.0769. The topological polar surface area (TPSA) is 35.6 Å². The molecule has 0 saturated carbocycles. The van der Waals surface area contributed by atoms with Gasteiger partial charge in [0.2, 0.25) is 5.95 Å². The normalized spacial score (nSPS) is 13.5. The van der Waals surface area contributed by atoms with Crippen LogP contribution in [0.3, 0.4) is 0 Å². The summed E-state index contributed by atoms with van der Waals surface area (Å²) in [5, 5.41) is 3.42. The Bertz CT molecular complexity index is 2320. The van der Waals surface area contributed by atoms with Gasteiger partial charge >= 0.3 is 0 Å². The number of hydrogen-bond acceptors (Lipinski definition) is 2. The molecule has 0 bridgehead atoms. The summed E-state index contributed by atoms with van der Waals surface area (Å²) < 4.78 is 4.40. The van der Waals surface area contributed by atoms with Gasteiger partial charge in [0.25, 0.3) is 0 Å². The zero-order valence-corrected chi connectivity index (χ0v) is 24.0. The van der Waals surface area contributed by atoms with Crippen LogP contribution in [0.5, 0.6) is 0 Å². The van der Waals surface area contributed by atoms with Gasteiger partial charge in [-0.3, -0.25) is 4.57 Å². The van der Waals surface area contributed by atoms with E-state index in [0.717, 1.165) is 39.0 Å². The molecule has 0 saturated heterocycles. The van der Waals surface area contributed by atoms with Crippen molar-refractivity contribution in [3.8, 4) is 34.0 Å². The SMILES string of the molecule is CC1(C)c2ccccc2-c2cccc(-c3nc(-n4c5ccccc5c5ccccc54)nc4c3ccn4-c3ccccc3)c21. The summed E-state index contributed by atoms with van der Waals surface area (Å²) in [5.41, 5.74) is 11.3. The molecular weight excluding hydrogens is 524 g/mol. The molecule has 0 unspecified atom stereocenters. The summed E-state index contributed by atoms with van der Waals surface area (Å²) >= 11 is 0. The van der Waals surface area contributed by atoms with Crippen molar-refractivity contribution in [2.24, 2.45) is 0 Å². The van der Waals surface area contributed by atoms with Crippen molar-refractivity contribution in [1.82, 2.24) is 19.1 Å². The third-order valence-electron chi connectivity index (χ3n) is 9.18. The average Bonchev–Trinajstić information content (AvgIpc) is 3.70. The molecule has 4 heteroatoms. The Morgan fingerprint density at radius 2 is 1.16 bits per heavy atom. The van der Waals surface area contributed by atoms with Gasteiger partial charge in [0.05, 0.1) is 16.7 Å². The number of fused-ring (bicyclic) bond motifs is 7. The van der Waals surface area contributed by atoms with Crippen LogP contribution in [0.15, 0.2) is 134 Å². The van der Waals surface area contributed by atoms with Crippen LogP contribution in [0.25, 0.3) is 66.9 Å². The highest BCUT2D eigenvalue weighted by Gasteiger charge is 2.38. The molecule has 8 aromatic rings. The van der Waals surface area contributed by atoms with E-state index >= 15 is 0 Å². The molecular formula is C39H28N4. The van der Waals surface area contributed by atoms with E-state index in [1.54, 1.807) is 0 Å². The number of aromatic nitrogens is 4. The maximum absolute atomic E-state index is 5.47. The molecule has 0 amide bonds. The van der Waals surface area contributed by atoms with Crippen molar-refractivity contribution in [3.63, 3.8) is 0 Å². The van der Waals surface area contributed by atoms with Gasteiger partial charge in [0.15, 0.2) is 5.65 Å². The lowest BCUT2D eigenvalue weighted by atomic mass is 9.79. The van der Waals surface area contributed by atoms with Gasteiger partial charge in [-0.2, -0.15) is 4.98 Å². The second-order valence-corrected chi connectivity index (χ2v) is 11.9. The molecule has 1 aliphatic carbocycles. The molecule has 204 valence electrons. The van der Waals surface area contributed by atoms with Gasteiger partial charge in [0.1, 0.15) is 0 Å². The lowest BCUT2D eigenvalue weighted by Crippen LogP contribution is -2.16. The number of nitrogens with zero attached hydrogens (tertiary/aromatic N) is 4. The van der Waals surface area contributed by atoms with E-state index < -0.39 is 0 Å². The van der Waals surface area contributed by atoms with Crippen molar-refractivity contribution < 1.29 is 0 Å². The standard InChI is InChI=1S/C39H28N4/c1-39(2)32-20-9-6-15-26(32)29-18-12-19-30(35(29)39)36-31-23-24-42(25-13-4-3-5-14-25)37(31)41-38(40-36)43-33-21-10-7-16-27(33)28-17-8-11-22-34(28)43/h3-24H,1-2H3. The van der Waals surface area contributed by atoms with E-state index in [4.69, 9.17) is 9.97 Å². The van der Waals surface area contributed by atoms with Gasteiger partial charge in [-0.1, -0.05) is 111 Å². The molecule has 4 nitrogen and oxygen atoms in total. The average molecular weight is 553 g/mol. The van der Waals surface area contributed by atoms with E-state index in [1.165, 1.54) is 33.0 Å². The highest BCUT2D eigenvalue weighted by atomic mass is 15.2. The zero-order valence-electron chi connectivity index (χ0n) is 24.0. The quantitative estimate of drug-likeness (QED) is 0.219. The summed E-state index contributed by atoms with van der Waals surface area (Å²) in [6.07, 6.45) is 2.12. The zero-order chi connectivity index (χ0) is 28.7. The summed E-state index contributed by atoms with van der Waals surface area (Å²) in [6.45, 7) is 4.67. The van der Waals surface area contributed by atoms with E-state index in [2.05, 4.69) is 151 Å². The molecule has 0 fully saturated rings. The predicted molar refractivity (Wildman–Crippen MR) is 176 cm³/mol. The number of benzene rings is 5. The summed E-state index contributed by atoms with van der Waals surface area (Å²) in [4.78, 5) is 10.8. The molecule has 0 atom stereocenters. The largest absolute Gasteiger partial charge is 0.301 e. The summed E-state index contributed by atoms with van der Waals surface area (Å²) in [5.74, 6) is 0.668. The minimum absolute atomic E-state index is 0.172. The molecule has 3 heterocycles. The van der Waals surface area contributed by atoms with Crippen LogP contribution in [0.1, 0.15) is 25.0 Å². The van der Waals surface area contributed by atoms with Gasteiger partial charge < -0.3 is 4.57 Å². The van der Waals surface area contributed by atoms with Crippen molar-refractivity contribution in [2.45, 2.75) is 19.3 Å². The first-order valence-corrected chi connectivity index (χ1v) is 14.8. The maximum atomic E-state index is 5.47. The van der Waals surface area contributed by atoms with E-state index in [1.807, 2.05) is 6.07 Å². The Morgan fingerprint density at radius 3 is 1.93 bits per heavy atom. The second-order valence-electron chi connectivity index (χ2n) is 11.9. The first-order chi connectivity index (χ1) is 21.1. The Balaban J connectivity index is 1.41. The van der Waals surface area contributed by atoms with Gasteiger partial charge in [0, 0.05) is 39.0 Å². The van der Waals surface area contributed by atoms with Crippen molar-refractivity contribution in [1.29, 1.82) is 0 Å². The minimum Gasteiger partial charge on any atom is -0.301 e. The van der Waals surface area contributed by atoms with Crippen LogP contribution < -0.4 is 0 Å². The van der Waals surface area contributed by atoms with Crippen LogP contribution in [0.4, 0.5) is 0 Å². The van der Waals surface area contributed by atoms with Gasteiger partial charge in [-0.05, 0) is 52.6 Å². The van der Waals surface area contributed by atoms with Crippen LogP contribution in [0.2, 0.25) is 0 Å². The fourth-order valence-electron chi connectivity index (χ4n) is 7.29. The fourth-order valence-corrected chi connectivity index (χ4v) is 7.29. The van der Waals surface area contributed by atoms with Crippen LogP contribution in [-0.2, 0) is 5.41 Å². The summed E-state index contributed by atoms with van der Waals surface area (Å²) in [7, 11) is 0. The van der Waals surface area contributed by atoms with Gasteiger partial charge in [-0.25, -0.2) is 4.98 Å². The Kier molecular flexibility index (Phi) is 4.92. The highest BCUT2D eigenvalue weighted by Crippen LogP contribution is 2.52. The van der Waals surface area contributed by atoms with E-state index in [9.17, 15) is 0 Å². The predicted octanol–water partition coefficient (Wildman–Crippen LogP) is 9.49. The van der Waals surface area contributed by atoms with Crippen molar-refractivity contribution in [2.75, 3.05) is 0 Å².